The maximum atomic E-state index is 13.2. The number of esters is 1. The summed E-state index contributed by atoms with van der Waals surface area (Å²) in [5, 5.41) is 0. The van der Waals surface area contributed by atoms with Gasteiger partial charge < -0.3 is 4.74 Å². The lowest BCUT2D eigenvalue weighted by molar-refractivity contribution is -0.143. The number of fused-ring (bicyclic) bond motifs is 3. The van der Waals surface area contributed by atoms with Gasteiger partial charge in [0, 0.05) is 18.3 Å². The molecule has 0 aromatic carbocycles. The number of allylic oxidation sites excluding steroid dienone is 6. The zero-order valence-electron chi connectivity index (χ0n) is 16.8. The Morgan fingerprint density at radius 2 is 1.96 bits per heavy atom. The Morgan fingerprint density at radius 1 is 1.18 bits per heavy atom. The molecule has 0 aliphatic heterocycles. The van der Waals surface area contributed by atoms with Crippen LogP contribution in [0.5, 0.6) is 0 Å². The summed E-state index contributed by atoms with van der Waals surface area (Å²) in [6.07, 6.45) is 12.2. The first-order valence-electron chi connectivity index (χ1n) is 10.3. The Hall–Kier alpha value is -2.23. The van der Waals surface area contributed by atoms with E-state index in [1.165, 1.54) is 12.7 Å². The van der Waals surface area contributed by atoms with Gasteiger partial charge in [0.15, 0.2) is 5.78 Å². The summed E-state index contributed by atoms with van der Waals surface area (Å²) in [6, 6.07) is 0. The van der Waals surface area contributed by atoms with E-state index in [0.29, 0.717) is 18.6 Å². The van der Waals surface area contributed by atoms with Crippen LogP contribution in [0.3, 0.4) is 0 Å². The molecule has 146 valence electrons. The standard InChI is InChI=1S/C24H26O4/c1-22-8-5-18-20-16(21(27)28-3)13-14-12-15(25)4-10-23(14,2)17(20)6-11-24(18,22)19(26)7-9-22/h4-5,10,13,16H,6-9,11-12H2,1-3H3/t16-,22+,23?,24?/m1/s1. The average molecular weight is 378 g/mol. The van der Waals surface area contributed by atoms with E-state index in [4.69, 9.17) is 4.74 Å². The molecule has 5 aliphatic carbocycles. The number of hydrogen-bond donors (Lipinski definition) is 0. The minimum atomic E-state index is -0.526. The van der Waals surface area contributed by atoms with Crippen molar-refractivity contribution in [3.8, 4) is 0 Å². The molecule has 1 saturated carbocycles. The number of carbonyl (C=O) groups is 3. The van der Waals surface area contributed by atoms with Crippen LogP contribution in [0.1, 0.15) is 52.4 Å². The van der Waals surface area contributed by atoms with E-state index in [-0.39, 0.29) is 22.6 Å². The van der Waals surface area contributed by atoms with E-state index in [1.54, 1.807) is 6.08 Å². The molecular formula is C24H26O4. The minimum absolute atomic E-state index is 0.0398. The van der Waals surface area contributed by atoms with Gasteiger partial charge in [-0.2, -0.15) is 0 Å². The van der Waals surface area contributed by atoms with Gasteiger partial charge >= 0.3 is 5.97 Å². The van der Waals surface area contributed by atoms with Crippen LogP contribution < -0.4 is 0 Å². The molecule has 4 heteroatoms. The number of ether oxygens (including phenoxy) is 1. The van der Waals surface area contributed by atoms with Gasteiger partial charge in [-0.05, 0) is 55.2 Å². The highest BCUT2D eigenvalue weighted by Gasteiger charge is 2.64. The van der Waals surface area contributed by atoms with E-state index in [0.717, 1.165) is 42.4 Å². The van der Waals surface area contributed by atoms with Crippen molar-refractivity contribution in [1.29, 1.82) is 0 Å². The molecule has 0 bridgehead atoms. The summed E-state index contributed by atoms with van der Waals surface area (Å²) < 4.78 is 5.15. The van der Waals surface area contributed by atoms with Gasteiger partial charge in [0.2, 0.25) is 0 Å². The quantitative estimate of drug-likeness (QED) is 0.511. The van der Waals surface area contributed by atoms with Crippen LogP contribution in [0.4, 0.5) is 0 Å². The second kappa shape index (κ2) is 5.43. The van der Waals surface area contributed by atoms with Gasteiger partial charge in [-0.25, -0.2) is 0 Å². The lowest BCUT2D eigenvalue weighted by Gasteiger charge is -2.50. The summed E-state index contributed by atoms with van der Waals surface area (Å²) in [5.74, 6) is -0.423. The van der Waals surface area contributed by atoms with Crippen molar-refractivity contribution in [3.63, 3.8) is 0 Å². The maximum Gasteiger partial charge on any atom is 0.317 e. The van der Waals surface area contributed by atoms with Crippen LogP contribution in [0.25, 0.3) is 0 Å². The summed E-state index contributed by atoms with van der Waals surface area (Å²) >= 11 is 0. The normalized spacial score (nSPS) is 41.0. The molecule has 1 spiro atoms. The van der Waals surface area contributed by atoms with Crippen LogP contribution in [-0.4, -0.2) is 24.6 Å². The number of rotatable bonds is 1. The third kappa shape index (κ3) is 1.89. The summed E-state index contributed by atoms with van der Waals surface area (Å²) in [7, 11) is 1.41. The van der Waals surface area contributed by atoms with Crippen LogP contribution in [0.15, 0.2) is 46.6 Å². The smallest absolute Gasteiger partial charge is 0.317 e. The zero-order chi connectivity index (χ0) is 19.9. The monoisotopic (exact) mass is 378 g/mol. The van der Waals surface area contributed by atoms with Gasteiger partial charge in [0.25, 0.3) is 0 Å². The van der Waals surface area contributed by atoms with Crippen LogP contribution in [0.2, 0.25) is 0 Å². The van der Waals surface area contributed by atoms with E-state index < -0.39 is 11.3 Å². The highest BCUT2D eigenvalue weighted by atomic mass is 16.5. The number of hydrogen-bond acceptors (Lipinski definition) is 4. The number of methoxy groups -OCH3 is 1. The zero-order valence-corrected chi connectivity index (χ0v) is 16.8. The SMILES string of the molecule is COC(=O)[C@@H]1C=C2CC(=O)C=CC2(C)C2=C1C1=CC[C@@]3(C)CCC(=O)C13CC2. The minimum Gasteiger partial charge on any atom is -0.468 e. The predicted octanol–water partition coefficient (Wildman–Crippen LogP) is 4.03. The van der Waals surface area contributed by atoms with Crippen molar-refractivity contribution >= 4 is 17.5 Å². The average Bonchev–Trinajstić information content (AvgIpc) is 3.11. The molecule has 5 rings (SSSR count). The molecule has 0 aromatic heterocycles. The highest BCUT2D eigenvalue weighted by Crippen LogP contribution is 2.69. The summed E-state index contributed by atoms with van der Waals surface area (Å²) in [5.41, 5.74) is 3.43. The van der Waals surface area contributed by atoms with Gasteiger partial charge in [-0.1, -0.05) is 36.3 Å². The Balaban J connectivity index is 1.75. The lowest BCUT2D eigenvalue weighted by Crippen LogP contribution is -2.45. The van der Waals surface area contributed by atoms with Gasteiger partial charge in [0.1, 0.15) is 11.7 Å². The van der Waals surface area contributed by atoms with Crippen LogP contribution in [0, 0.1) is 22.2 Å². The van der Waals surface area contributed by atoms with Crippen molar-refractivity contribution in [2.75, 3.05) is 7.11 Å². The molecular weight excluding hydrogens is 352 g/mol. The third-order valence-electron chi connectivity index (χ3n) is 8.39. The van der Waals surface area contributed by atoms with Crippen molar-refractivity contribution in [1.82, 2.24) is 0 Å². The van der Waals surface area contributed by atoms with E-state index >= 15 is 0 Å². The number of carbonyl (C=O) groups excluding carboxylic acids is 3. The Morgan fingerprint density at radius 3 is 2.71 bits per heavy atom. The van der Waals surface area contributed by atoms with Gasteiger partial charge in [-0.3, -0.25) is 14.4 Å². The topological polar surface area (TPSA) is 60.4 Å². The molecule has 4 nitrogen and oxygen atoms in total. The van der Waals surface area contributed by atoms with Crippen molar-refractivity contribution in [2.45, 2.75) is 52.4 Å². The Kier molecular flexibility index (Phi) is 3.46. The maximum absolute atomic E-state index is 13.2. The first-order chi connectivity index (χ1) is 13.3. The molecule has 28 heavy (non-hydrogen) atoms. The first kappa shape index (κ1) is 17.8. The third-order valence-corrected chi connectivity index (χ3v) is 8.39. The molecule has 0 saturated heterocycles. The molecule has 0 aromatic rings. The van der Waals surface area contributed by atoms with Crippen molar-refractivity contribution in [3.05, 3.63) is 46.6 Å². The highest BCUT2D eigenvalue weighted by molar-refractivity contribution is 5.97. The first-order valence-corrected chi connectivity index (χ1v) is 10.3. The van der Waals surface area contributed by atoms with Crippen LogP contribution >= 0.6 is 0 Å². The fourth-order valence-electron chi connectivity index (χ4n) is 6.75. The van der Waals surface area contributed by atoms with Crippen molar-refractivity contribution < 1.29 is 19.1 Å². The van der Waals surface area contributed by atoms with Crippen LogP contribution in [-0.2, 0) is 19.1 Å². The predicted molar refractivity (Wildman–Crippen MR) is 104 cm³/mol. The largest absolute Gasteiger partial charge is 0.468 e. The lowest BCUT2D eigenvalue weighted by atomic mass is 9.52. The van der Waals surface area contributed by atoms with Gasteiger partial charge in [0.05, 0.1) is 12.5 Å². The molecule has 4 atom stereocenters. The molecule has 5 aliphatic rings. The van der Waals surface area contributed by atoms with E-state index in [1.807, 2.05) is 12.2 Å². The van der Waals surface area contributed by atoms with E-state index in [2.05, 4.69) is 19.9 Å². The van der Waals surface area contributed by atoms with Gasteiger partial charge in [-0.15, -0.1) is 0 Å². The summed E-state index contributed by atoms with van der Waals surface area (Å²) in [6.45, 7) is 4.39. The van der Waals surface area contributed by atoms with Crippen molar-refractivity contribution in [2.24, 2.45) is 22.2 Å². The molecule has 0 radical (unpaired) electrons. The molecule has 0 amide bonds. The Bertz CT molecular complexity index is 961. The molecule has 0 N–H and O–H groups in total. The second-order valence-electron chi connectivity index (χ2n) is 9.47. The fraction of sp³-hybridized carbons (Fsp3) is 0.542. The molecule has 1 fully saturated rings. The second-order valence-corrected chi connectivity index (χ2v) is 9.47. The Labute approximate surface area is 165 Å². The molecule has 2 unspecified atom stereocenters. The number of ketones is 2. The molecule has 0 heterocycles. The van der Waals surface area contributed by atoms with E-state index in [9.17, 15) is 14.4 Å². The number of Topliss-reactive ketones (excluding diaryl/α,β-unsaturated/α-hetero) is 1. The fourth-order valence-corrected chi connectivity index (χ4v) is 6.75. The summed E-state index contributed by atoms with van der Waals surface area (Å²) in [4.78, 5) is 38.1.